The smallest absolute Gasteiger partial charge is 0.269 e. The number of nitro groups is 1. The fourth-order valence-electron chi connectivity index (χ4n) is 4.24. The second-order valence-electron chi connectivity index (χ2n) is 8.74. The van der Waals surface area contributed by atoms with Gasteiger partial charge < -0.3 is 19.1 Å². The Hall–Kier alpha value is -3.31. The number of likely N-dealkylation sites (N-methyl/N-ethyl adjacent to an activating group) is 1. The summed E-state index contributed by atoms with van der Waals surface area (Å²) in [7, 11) is 6.73. The maximum absolute atomic E-state index is 11.0. The first-order valence-corrected chi connectivity index (χ1v) is 11.4. The van der Waals surface area contributed by atoms with Crippen LogP contribution in [0, 0.1) is 27.4 Å². The van der Waals surface area contributed by atoms with Gasteiger partial charge in [0.1, 0.15) is 0 Å². The van der Waals surface area contributed by atoms with Crippen molar-refractivity contribution in [2.45, 2.75) is 38.5 Å². The van der Waals surface area contributed by atoms with Crippen molar-refractivity contribution in [1.29, 1.82) is 5.26 Å². The Bertz CT molecular complexity index is 993. The molecule has 0 bridgehead atoms. The average molecular weight is 470 g/mol. The Labute approximate surface area is 202 Å². The molecule has 0 aliphatic carbocycles. The third kappa shape index (κ3) is 6.17. The molecule has 0 aliphatic heterocycles. The van der Waals surface area contributed by atoms with Crippen molar-refractivity contribution in [3.05, 3.63) is 57.6 Å². The van der Waals surface area contributed by atoms with E-state index in [1.165, 1.54) is 6.07 Å². The van der Waals surface area contributed by atoms with Gasteiger partial charge in [-0.05, 0) is 62.0 Å². The van der Waals surface area contributed by atoms with Gasteiger partial charge in [-0.15, -0.1) is 0 Å². The second kappa shape index (κ2) is 12.2. The summed E-state index contributed by atoms with van der Waals surface area (Å²) in [5.41, 5.74) is 1.18. The van der Waals surface area contributed by atoms with Gasteiger partial charge in [-0.1, -0.05) is 26.0 Å². The average Bonchev–Trinajstić information content (AvgIpc) is 2.84. The van der Waals surface area contributed by atoms with Crippen molar-refractivity contribution in [1.82, 2.24) is 4.90 Å². The van der Waals surface area contributed by atoms with E-state index in [2.05, 4.69) is 24.8 Å². The minimum Gasteiger partial charge on any atom is -0.493 e. The van der Waals surface area contributed by atoms with Crippen molar-refractivity contribution in [3.63, 3.8) is 0 Å². The zero-order valence-corrected chi connectivity index (χ0v) is 21.0. The lowest BCUT2D eigenvalue weighted by molar-refractivity contribution is -0.384. The van der Waals surface area contributed by atoms with Gasteiger partial charge in [0, 0.05) is 18.7 Å². The summed E-state index contributed by atoms with van der Waals surface area (Å²) in [4.78, 5) is 12.8. The highest BCUT2D eigenvalue weighted by molar-refractivity contribution is 5.56. The normalized spacial score (nSPS) is 12.8. The van der Waals surface area contributed by atoms with Crippen LogP contribution in [-0.4, -0.2) is 51.3 Å². The van der Waals surface area contributed by atoms with Crippen LogP contribution in [0.3, 0.4) is 0 Å². The van der Waals surface area contributed by atoms with E-state index < -0.39 is 5.41 Å². The van der Waals surface area contributed by atoms with Crippen LogP contribution in [0.1, 0.15) is 37.8 Å². The number of hydrogen-bond donors (Lipinski definition) is 0. The molecular formula is C26H35N3O5. The van der Waals surface area contributed by atoms with Crippen molar-refractivity contribution in [2.24, 2.45) is 5.92 Å². The highest BCUT2D eigenvalue weighted by Gasteiger charge is 2.37. The summed E-state index contributed by atoms with van der Waals surface area (Å²) in [6, 6.07) is 13.1. The monoisotopic (exact) mass is 469 g/mol. The Kier molecular flexibility index (Phi) is 9.69. The fourth-order valence-corrected chi connectivity index (χ4v) is 4.24. The van der Waals surface area contributed by atoms with Crippen LogP contribution in [0.4, 0.5) is 5.69 Å². The second-order valence-corrected chi connectivity index (χ2v) is 8.74. The van der Waals surface area contributed by atoms with Crippen molar-refractivity contribution >= 4 is 5.69 Å². The number of hydrogen-bond acceptors (Lipinski definition) is 7. The van der Waals surface area contributed by atoms with E-state index in [4.69, 9.17) is 14.2 Å². The van der Waals surface area contributed by atoms with Crippen LogP contribution >= 0.6 is 0 Å². The van der Waals surface area contributed by atoms with E-state index in [-0.39, 0.29) is 16.5 Å². The lowest BCUT2D eigenvalue weighted by Crippen LogP contribution is -2.32. The van der Waals surface area contributed by atoms with Crippen LogP contribution in [0.5, 0.6) is 17.2 Å². The molecule has 0 heterocycles. The highest BCUT2D eigenvalue weighted by atomic mass is 16.6. The van der Waals surface area contributed by atoms with Gasteiger partial charge in [-0.2, -0.15) is 5.26 Å². The van der Waals surface area contributed by atoms with Gasteiger partial charge in [-0.25, -0.2) is 0 Å². The Morgan fingerprint density at radius 1 is 1.09 bits per heavy atom. The molecule has 1 unspecified atom stereocenters. The minimum atomic E-state index is -0.715. The van der Waals surface area contributed by atoms with E-state index in [0.717, 1.165) is 37.1 Å². The number of methoxy groups -OCH3 is 3. The highest BCUT2D eigenvalue weighted by Crippen LogP contribution is 2.45. The van der Waals surface area contributed by atoms with Crippen molar-refractivity contribution in [3.8, 4) is 23.3 Å². The molecule has 0 aliphatic rings. The van der Waals surface area contributed by atoms with E-state index in [1.54, 1.807) is 33.5 Å². The summed E-state index contributed by atoms with van der Waals surface area (Å²) in [5, 5.41) is 21.3. The van der Waals surface area contributed by atoms with Crippen LogP contribution in [-0.2, 0) is 11.8 Å². The van der Waals surface area contributed by atoms with Crippen molar-refractivity contribution < 1.29 is 19.1 Å². The topological polar surface area (TPSA) is 97.9 Å². The van der Waals surface area contributed by atoms with Gasteiger partial charge in [0.25, 0.3) is 5.69 Å². The zero-order chi connectivity index (χ0) is 25.3. The number of nitro benzene ring substituents is 1. The fraction of sp³-hybridized carbons (Fsp3) is 0.500. The summed E-state index contributed by atoms with van der Waals surface area (Å²) in [6.45, 7) is 5.68. The lowest BCUT2D eigenvalue weighted by atomic mass is 9.69. The molecule has 0 saturated heterocycles. The third-order valence-corrected chi connectivity index (χ3v) is 6.38. The number of nitrogens with zero attached hydrogens (tertiary/aromatic N) is 3. The molecule has 0 spiro atoms. The molecule has 1 atom stereocenters. The molecular weight excluding hydrogens is 434 g/mol. The first-order valence-electron chi connectivity index (χ1n) is 11.4. The molecule has 8 nitrogen and oxygen atoms in total. The van der Waals surface area contributed by atoms with E-state index in [0.29, 0.717) is 23.7 Å². The van der Waals surface area contributed by atoms with E-state index in [9.17, 15) is 15.4 Å². The van der Waals surface area contributed by atoms with Crippen LogP contribution in [0.15, 0.2) is 36.4 Å². The minimum absolute atomic E-state index is 0.0653. The first-order chi connectivity index (χ1) is 16.2. The maximum Gasteiger partial charge on any atom is 0.269 e. The largest absolute Gasteiger partial charge is 0.493 e. The van der Waals surface area contributed by atoms with E-state index >= 15 is 0 Å². The zero-order valence-electron chi connectivity index (χ0n) is 21.0. The number of rotatable bonds is 13. The summed E-state index contributed by atoms with van der Waals surface area (Å²) in [5.74, 6) is 1.64. The van der Waals surface area contributed by atoms with Crippen LogP contribution in [0.2, 0.25) is 0 Å². The van der Waals surface area contributed by atoms with Gasteiger partial charge in [-0.3, -0.25) is 10.1 Å². The Morgan fingerprint density at radius 2 is 1.74 bits per heavy atom. The molecule has 2 rings (SSSR count). The summed E-state index contributed by atoms with van der Waals surface area (Å²) < 4.78 is 16.5. The third-order valence-electron chi connectivity index (χ3n) is 6.38. The van der Waals surface area contributed by atoms with Gasteiger partial charge in [0.15, 0.2) is 11.5 Å². The molecule has 184 valence electrons. The van der Waals surface area contributed by atoms with Gasteiger partial charge in [0.05, 0.1) is 37.7 Å². The molecule has 2 aromatic carbocycles. The quantitative estimate of drug-likeness (QED) is 0.301. The predicted octanol–water partition coefficient (Wildman–Crippen LogP) is 4.99. The van der Waals surface area contributed by atoms with E-state index in [1.807, 2.05) is 25.2 Å². The summed E-state index contributed by atoms with van der Waals surface area (Å²) in [6.07, 6.45) is 2.20. The number of ether oxygens (including phenoxy) is 3. The van der Waals surface area contributed by atoms with Crippen LogP contribution < -0.4 is 14.2 Å². The molecule has 0 fully saturated rings. The SMILES string of the molecule is COc1cc(C(C#N)(CCCN(C)CCc2cccc([N+](=O)[O-])c2)C(C)C)cc(OC)c1OC. The Balaban J connectivity index is 2.12. The Morgan fingerprint density at radius 3 is 2.24 bits per heavy atom. The van der Waals surface area contributed by atoms with Crippen LogP contribution in [0.25, 0.3) is 0 Å². The number of non-ortho nitro benzene ring substituents is 1. The van der Waals surface area contributed by atoms with Crippen molar-refractivity contribution in [2.75, 3.05) is 41.5 Å². The molecule has 0 aromatic heterocycles. The maximum atomic E-state index is 11.0. The first kappa shape index (κ1) is 26.9. The molecule has 2 aromatic rings. The lowest BCUT2D eigenvalue weighted by Gasteiger charge is -2.33. The predicted molar refractivity (Wildman–Crippen MR) is 132 cm³/mol. The number of benzene rings is 2. The standard InChI is InChI=1S/C26H35N3O5/c1-19(2)26(18-27,21-16-23(32-4)25(34-6)24(17-21)33-5)12-8-13-28(3)14-11-20-9-7-10-22(15-20)29(30)31/h7,9-10,15-17,19H,8,11-14H2,1-6H3. The molecule has 0 amide bonds. The van der Waals surface area contributed by atoms with Gasteiger partial charge >= 0.3 is 0 Å². The molecule has 8 heteroatoms. The molecule has 0 radical (unpaired) electrons. The number of nitriles is 1. The summed E-state index contributed by atoms with van der Waals surface area (Å²) >= 11 is 0. The van der Waals surface area contributed by atoms with Gasteiger partial charge in [0.2, 0.25) is 5.75 Å². The molecule has 0 N–H and O–H groups in total. The molecule has 0 saturated carbocycles. The molecule has 34 heavy (non-hydrogen) atoms.